The number of hydrogen-bond acceptors (Lipinski definition) is 7. The van der Waals surface area contributed by atoms with Crippen molar-refractivity contribution in [3.63, 3.8) is 0 Å². The molecule has 0 bridgehead atoms. The Morgan fingerprint density at radius 3 is 2.59 bits per heavy atom. The molecule has 144 valence electrons. The van der Waals surface area contributed by atoms with Gasteiger partial charge in [0.2, 0.25) is 5.88 Å². The van der Waals surface area contributed by atoms with Crippen molar-refractivity contribution in [2.75, 3.05) is 25.1 Å². The van der Waals surface area contributed by atoms with Crippen LogP contribution in [0.15, 0.2) is 29.6 Å². The fourth-order valence-corrected chi connectivity index (χ4v) is 3.84. The SMILES string of the molecule is COc1cc(N(C2CC2)C2CCN(Cc3cncc(=O)n3C)CC2)ncn1. The minimum absolute atomic E-state index is 0.0556. The molecule has 8 heteroatoms. The van der Waals surface area contributed by atoms with Crippen LogP contribution in [0.3, 0.4) is 0 Å². The monoisotopic (exact) mass is 370 g/mol. The number of anilines is 1. The molecule has 2 aromatic heterocycles. The molecule has 0 atom stereocenters. The quantitative estimate of drug-likeness (QED) is 0.756. The molecule has 0 aromatic carbocycles. The molecule has 0 unspecified atom stereocenters. The van der Waals surface area contributed by atoms with E-state index in [2.05, 4.69) is 24.8 Å². The molecule has 0 spiro atoms. The van der Waals surface area contributed by atoms with Gasteiger partial charge in [0, 0.05) is 51.0 Å². The smallest absolute Gasteiger partial charge is 0.268 e. The molecule has 0 amide bonds. The van der Waals surface area contributed by atoms with Crippen LogP contribution in [0.4, 0.5) is 5.82 Å². The molecular formula is C19H26N6O2. The van der Waals surface area contributed by atoms with E-state index in [0.717, 1.165) is 44.0 Å². The summed E-state index contributed by atoms with van der Waals surface area (Å²) in [6, 6.07) is 3.00. The van der Waals surface area contributed by atoms with Gasteiger partial charge in [-0.3, -0.25) is 14.7 Å². The molecule has 2 fully saturated rings. The van der Waals surface area contributed by atoms with Crippen molar-refractivity contribution in [1.29, 1.82) is 0 Å². The zero-order valence-electron chi connectivity index (χ0n) is 15.9. The molecule has 1 saturated carbocycles. The van der Waals surface area contributed by atoms with E-state index >= 15 is 0 Å². The molecular weight excluding hydrogens is 344 g/mol. The first-order valence-corrected chi connectivity index (χ1v) is 9.52. The number of piperidine rings is 1. The van der Waals surface area contributed by atoms with Crippen LogP contribution in [0.5, 0.6) is 5.88 Å². The molecule has 0 N–H and O–H groups in total. The normalized spacial score (nSPS) is 18.4. The fourth-order valence-electron chi connectivity index (χ4n) is 3.84. The third-order valence-electron chi connectivity index (χ3n) is 5.55. The lowest BCUT2D eigenvalue weighted by Crippen LogP contribution is -2.46. The van der Waals surface area contributed by atoms with E-state index in [1.54, 1.807) is 24.2 Å². The van der Waals surface area contributed by atoms with E-state index in [4.69, 9.17) is 4.74 Å². The van der Waals surface area contributed by atoms with Crippen molar-refractivity contribution < 1.29 is 4.74 Å². The van der Waals surface area contributed by atoms with E-state index in [-0.39, 0.29) is 5.56 Å². The Labute approximate surface area is 158 Å². The minimum atomic E-state index is -0.0556. The average molecular weight is 370 g/mol. The summed E-state index contributed by atoms with van der Waals surface area (Å²) in [4.78, 5) is 29.3. The van der Waals surface area contributed by atoms with Crippen molar-refractivity contribution in [3.05, 3.63) is 40.8 Å². The molecule has 2 aromatic rings. The van der Waals surface area contributed by atoms with Gasteiger partial charge in [0.1, 0.15) is 12.1 Å². The van der Waals surface area contributed by atoms with Gasteiger partial charge in [-0.25, -0.2) is 9.97 Å². The first-order valence-electron chi connectivity index (χ1n) is 9.52. The second-order valence-corrected chi connectivity index (χ2v) is 7.36. The number of nitrogens with zero attached hydrogens (tertiary/aromatic N) is 6. The van der Waals surface area contributed by atoms with E-state index in [1.807, 2.05) is 13.1 Å². The Balaban J connectivity index is 1.42. The first-order chi connectivity index (χ1) is 13.2. The van der Waals surface area contributed by atoms with Gasteiger partial charge in [-0.05, 0) is 25.7 Å². The fraction of sp³-hybridized carbons (Fsp3) is 0.579. The molecule has 1 aliphatic carbocycles. The molecule has 27 heavy (non-hydrogen) atoms. The second-order valence-electron chi connectivity index (χ2n) is 7.36. The van der Waals surface area contributed by atoms with E-state index in [9.17, 15) is 4.79 Å². The Kier molecular flexibility index (Phi) is 5.07. The van der Waals surface area contributed by atoms with Gasteiger partial charge in [0.15, 0.2) is 0 Å². The van der Waals surface area contributed by atoms with Crippen molar-refractivity contribution in [1.82, 2.24) is 24.4 Å². The maximum absolute atomic E-state index is 11.8. The van der Waals surface area contributed by atoms with Gasteiger partial charge in [0.05, 0.1) is 19.0 Å². The number of methoxy groups -OCH3 is 1. The number of aromatic nitrogens is 4. The van der Waals surface area contributed by atoms with Crippen LogP contribution < -0.4 is 15.2 Å². The van der Waals surface area contributed by atoms with E-state index < -0.39 is 0 Å². The predicted octanol–water partition coefficient (Wildman–Crippen LogP) is 1.21. The summed E-state index contributed by atoms with van der Waals surface area (Å²) >= 11 is 0. The Bertz CT molecular complexity index is 842. The molecule has 1 saturated heterocycles. The summed E-state index contributed by atoms with van der Waals surface area (Å²) < 4.78 is 6.96. The van der Waals surface area contributed by atoms with Gasteiger partial charge >= 0.3 is 0 Å². The highest BCUT2D eigenvalue weighted by Crippen LogP contribution is 2.36. The molecule has 8 nitrogen and oxygen atoms in total. The van der Waals surface area contributed by atoms with Gasteiger partial charge in [-0.1, -0.05) is 0 Å². The maximum atomic E-state index is 11.8. The lowest BCUT2D eigenvalue weighted by molar-refractivity contribution is 0.196. The number of hydrogen-bond donors (Lipinski definition) is 0. The largest absolute Gasteiger partial charge is 0.481 e. The Morgan fingerprint density at radius 2 is 1.89 bits per heavy atom. The van der Waals surface area contributed by atoms with Crippen LogP contribution >= 0.6 is 0 Å². The highest BCUT2D eigenvalue weighted by atomic mass is 16.5. The van der Waals surface area contributed by atoms with Crippen molar-refractivity contribution in [2.45, 2.75) is 44.3 Å². The maximum Gasteiger partial charge on any atom is 0.268 e. The molecule has 3 heterocycles. The first kappa shape index (κ1) is 17.9. The van der Waals surface area contributed by atoms with E-state index in [0.29, 0.717) is 18.0 Å². The second kappa shape index (κ2) is 7.64. The number of rotatable bonds is 6. The zero-order valence-corrected chi connectivity index (χ0v) is 15.9. The summed E-state index contributed by atoms with van der Waals surface area (Å²) in [5.74, 6) is 1.58. The number of ether oxygens (including phenoxy) is 1. The Hall–Kier alpha value is -2.48. The summed E-state index contributed by atoms with van der Waals surface area (Å²) in [5, 5.41) is 0. The van der Waals surface area contributed by atoms with Gasteiger partial charge in [-0.2, -0.15) is 0 Å². The summed E-state index contributed by atoms with van der Waals surface area (Å²) in [6.07, 6.45) is 9.35. The summed E-state index contributed by atoms with van der Waals surface area (Å²) in [7, 11) is 3.45. The van der Waals surface area contributed by atoms with E-state index in [1.165, 1.54) is 19.0 Å². The van der Waals surface area contributed by atoms with Crippen molar-refractivity contribution in [3.8, 4) is 5.88 Å². The summed E-state index contributed by atoms with van der Waals surface area (Å²) in [6.45, 7) is 2.76. The average Bonchev–Trinajstić information content (AvgIpc) is 3.52. The lowest BCUT2D eigenvalue weighted by Gasteiger charge is -2.39. The topological polar surface area (TPSA) is 76.4 Å². The third-order valence-corrected chi connectivity index (χ3v) is 5.55. The van der Waals surface area contributed by atoms with Crippen molar-refractivity contribution in [2.24, 2.45) is 7.05 Å². The standard InChI is InChI=1S/C19H26N6O2/c1-23-16(10-20-11-19(23)26)12-24-7-5-15(6-8-24)25(14-3-4-14)17-9-18(27-2)22-13-21-17/h9-11,13-15H,3-8,12H2,1-2H3. The van der Waals surface area contributed by atoms with Crippen LogP contribution in [0.25, 0.3) is 0 Å². The van der Waals surface area contributed by atoms with Crippen LogP contribution in [0.2, 0.25) is 0 Å². The lowest BCUT2D eigenvalue weighted by atomic mass is 10.0. The minimum Gasteiger partial charge on any atom is -0.481 e. The van der Waals surface area contributed by atoms with Crippen molar-refractivity contribution >= 4 is 5.82 Å². The van der Waals surface area contributed by atoms with Crippen LogP contribution in [0, 0.1) is 0 Å². The third kappa shape index (κ3) is 3.95. The molecule has 0 radical (unpaired) electrons. The molecule has 2 aliphatic rings. The van der Waals surface area contributed by atoms with Gasteiger partial charge < -0.3 is 14.2 Å². The van der Waals surface area contributed by atoms with Gasteiger partial charge in [-0.15, -0.1) is 0 Å². The number of likely N-dealkylation sites (tertiary alicyclic amines) is 1. The highest BCUT2D eigenvalue weighted by Gasteiger charge is 2.36. The summed E-state index contributed by atoms with van der Waals surface area (Å²) in [5.41, 5.74) is 0.903. The zero-order chi connectivity index (χ0) is 18.8. The Morgan fingerprint density at radius 1 is 1.15 bits per heavy atom. The molecule has 4 rings (SSSR count). The van der Waals surface area contributed by atoms with Crippen LogP contribution in [0.1, 0.15) is 31.4 Å². The predicted molar refractivity (Wildman–Crippen MR) is 102 cm³/mol. The molecule has 1 aliphatic heterocycles. The van der Waals surface area contributed by atoms with Crippen LogP contribution in [-0.2, 0) is 13.6 Å². The van der Waals surface area contributed by atoms with Crippen LogP contribution in [-0.4, -0.2) is 56.7 Å². The highest BCUT2D eigenvalue weighted by molar-refractivity contribution is 5.45. The van der Waals surface area contributed by atoms with Gasteiger partial charge in [0.25, 0.3) is 5.56 Å².